The van der Waals surface area contributed by atoms with E-state index in [4.69, 9.17) is 9.72 Å². The fourth-order valence-electron chi connectivity index (χ4n) is 1.81. The standard InChI is InChI=1S/C14H27N3OS/c1-5-6-12-13(11-15-8-10-18-4)19-14(16-12)7-9-17(2)3/h15H,5-11H2,1-4H3. The van der Waals surface area contributed by atoms with Crippen molar-refractivity contribution in [2.75, 3.05) is 40.9 Å². The number of aromatic nitrogens is 1. The van der Waals surface area contributed by atoms with E-state index in [1.807, 2.05) is 11.3 Å². The highest BCUT2D eigenvalue weighted by atomic mass is 32.1. The highest BCUT2D eigenvalue weighted by Gasteiger charge is 2.10. The molecule has 19 heavy (non-hydrogen) atoms. The molecule has 0 radical (unpaired) electrons. The average molecular weight is 285 g/mol. The first-order valence-electron chi connectivity index (χ1n) is 6.99. The van der Waals surface area contributed by atoms with Crippen molar-refractivity contribution < 1.29 is 4.74 Å². The van der Waals surface area contributed by atoms with Crippen molar-refractivity contribution in [3.05, 3.63) is 15.6 Å². The largest absolute Gasteiger partial charge is 0.383 e. The van der Waals surface area contributed by atoms with E-state index in [9.17, 15) is 0 Å². The molecule has 1 aromatic heterocycles. The third-order valence-electron chi connectivity index (χ3n) is 2.85. The van der Waals surface area contributed by atoms with E-state index in [0.717, 1.165) is 45.5 Å². The van der Waals surface area contributed by atoms with E-state index < -0.39 is 0 Å². The van der Waals surface area contributed by atoms with Gasteiger partial charge in [0.25, 0.3) is 0 Å². The minimum absolute atomic E-state index is 0.759. The summed E-state index contributed by atoms with van der Waals surface area (Å²) in [5.74, 6) is 0. The van der Waals surface area contributed by atoms with Crippen LogP contribution < -0.4 is 5.32 Å². The molecular formula is C14H27N3OS. The molecule has 0 unspecified atom stereocenters. The molecule has 0 bridgehead atoms. The van der Waals surface area contributed by atoms with Gasteiger partial charge in [-0.1, -0.05) is 13.3 Å². The SMILES string of the molecule is CCCc1nc(CCN(C)C)sc1CNCCOC. The minimum Gasteiger partial charge on any atom is -0.383 e. The van der Waals surface area contributed by atoms with Crippen molar-refractivity contribution in [2.45, 2.75) is 32.7 Å². The van der Waals surface area contributed by atoms with Gasteiger partial charge in [-0.15, -0.1) is 11.3 Å². The van der Waals surface area contributed by atoms with E-state index in [1.54, 1.807) is 7.11 Å². The molecule has 4 nitrogen and oxygen atoms in total. The van der Waals surface area contributed by atoms with Gasteiger partial charge in [-0.3, -0.25) is 0 Å². The average Bonchev–Trinajstić information content (AvgIpc) is 2.75. The Balaban J connectivity index is 2.55. The molecule has 0 aliphatic rings. The van der Waals surface area contributed by atoms with Crippen LogP contribution in [0.15, 0.2) is 0 Å². The van der Waals surface area contributed by atoms with Crippen molar-refractivity contribution in [1.82, 2.24) is 15.2 Å². The number of thiazole rings is 1. The van der Waals surface area contributed by atoms with Gasteiger partial charge in [0.2, 0.25) is 0 Å². The van der Waals surface area contributed by atoms with Crippen LogP contribution in [0.25, 0.3) is 0 Å². The molecule has 0 atom stereocenters. The number of rotatable bonds is 10. The predicted molar refractivity (Wildman–Crippen MR) is 81.9 cm³/mol. The lowest BCUT2D eigenvalue weighted by molar-refractivity contribution is 0.199. The summed E-state index contributed by atoms with van der Waals surface area (Å²) in [5.41, 5.74) is 1.28. The first-order valence-corrected chi connectivity index (χ1v) is 7.80. The highest BCUT2D eigenvalue weighted by Crippen LogP contribution is 2.20. The number of methoxy groups -OCH3 is 1. The third-order valence-corrected chi connectivity index (χ3v) is 4.01. The quantitative estimate of drug-likeness (QED) is 0.667. The number of hydrogen-bond acceptors (Lipinski definition) is 5. The molecule has 0 spiro atoms. The molecule has 0 aliphatic carbocycles. The lowest BCUT2D eigenvalue weighted by atomic mass is 10.2. The van der Waals surface area contributed by atoms with E-state index in [1.165, 1.54) is 15.6 Å². The Labute approximate surface area is 121 Å². The lowest BCUT2D eigenvalue weighted by Crippen LogP contribution is -2.18. The molecule has 1 heterocycles. The molecule has 0 saturated heterocycles. The van der Waals surface area contributed by atoms with Crippen LogP contribution in [0.3, 0.4) is 0 Å². The third kappa shape index (κ3) is 6.47. The molecule has 0 amide bonds. The molecule has 0 aromatic carbocycles. The second-order valence-electron chi connectivity index (χ2n) is 4.95. The zero-order valence-corrected chi connectivity index (χ0v) is 13.5. The van der Waals surface area contributed by atoms with Crippen molar-refractivity contribution in [3.63, 3.8) is 0 Å². The summed E-state index contributed by atoms with van der Waals surface area (Å²) in [6.07, 6.45) is 3.29. The normalized spacial score (nSPS) is 11.4. The Kier molecular flexibility index (Phi) is 8.21. The first kappa shape index (κ1) is 16.6. The fourth-order valence-corrected chi connectivity index (χ4v) is 2.88. The molecule has 1 N–H and O–H groups in total. The van der Waals surface area contributed by atoms with Crippen molar-refractivity contribution in [3.8, 4) is 0 Å². The van der Waals surface area contributed by atoms with Crippen molar-refractivity contribution in [1.29, 1.82) is 0 Å². The molecule has 1 rings (SSSR count). The molecule has 0 aliphatic heterocycles. The van der Waals surface area contributed by atoms with Crippen LogP contribution in [-0.2, 0) is 24.1 Å². The maximum absolute atomic E-state index is 5.05. The molecule has 0 fully saturated rings. The molecule has 1 aromatic rings. The second kappa shape index (κ2) is 9.42. The van der Waals surface area contributed by atoms with Crippen molar-refractivity contribution >= 4 is 11.3 Å². The molecule has 110 valence electrons. The van der Waals surface area contributed by atoms with Gasteiger partial charge < -0.3 is 15.0 Å². The van der Waals surface area contributed by atoms with Gasteiger partial charge in [-0.25, -0.2) is 4.98 Å². The first-order chi connectivity index (χ1) is 9.17. The van der Waals surface area contributed by atoms with Crippen LogP contribution in [0.5, 0.6) is 0 Å². The number of ether oxygens (including phenoxy) is 1. The molecule has 0 saturated carbocycles. The summed E-state index contributed by atoms with van der Waals surface area (Å²) < 4.78 is 5.05. The Morgan fingerprint density at radius 1 is 1.32 bits per heavy atom. The number of aryl methyl sites for hydroxylation is 1. The van der Waals surface area contributed by atoms with Crippen LogP contribution >= 0.6 is 11.3 Å². The van der Waals surface area contributed by atoms with Gasteiger partial charge in [-0.2, -0.15) is 0 Å². The van der Waals surface area contributed by atoms with Gasteiger partial charge in [0.1, 0.15) is 0 Å². The molecular weight excluding hydrogens is 258 g/mol. The number of hydrogen-bond donors (Lipinski definition) is 1. The van der Waals surface area contributed by atoms with E-state index >= 15 is 0 Å². The van der Waals surface area contributed by atoms with Crippen molar-refractivity contribution in [2.24, 2.45) is 0 Å². The lowest BCUT2D eigenvalue weighted by Gasteiger charge is -2.06. The van der Waals surface area contributed by atoms with Gasteiger partial charge in [-0.05, 0) is 20.5 Å². The van der Waals surface area contributed by atoms with Crippen LogP contribution in [0, 0.1) is 0 Å². The van der Waals surface area contributed by atoms with Gasteiger partial charge in [0.05, 0.1) is 17.3 Å². The number of nitrogens with one attached hydrogen (secondary N) is 1. The molecule has 5 heteroatoms. The van der Waals surface area contributed by atoms with Gasteiger partial charge in [0.15, 0.2) is 0 Å². The summed E-state index contributed by atoms with van der Waals surface area (Å²) in [5, 5.41) is 4.68. The van der Waals surface area contributed by atoms with Gasteiger partial charge >= 0.3 is 0 Å². The summed E-state index contributed by atoms with van der Waals surface area (Å²) in [4.78, 5) is 8.39. The Bertz CT molecular complexity index is 352. The van der Waals surface area contributed by atoms with Gasteiger partial charge in [0, 0.05) is 38.0 Å². The van der Waals surface area contributed by atoms with Crippen LogP contribution in [0.2, 0.25) is 0 Å². The fraction of sp³-hybridized carbons (Fsp3) is 0.786. The van der Waals surface area contributed by atoms with E-state index in [-0.39, 0.29) is 0 Å². The minimum atomic E-state index is 0.759. The van der Waals surface area contributed by atoms with E-state index in [2.05, 4.69) is 31.2 Å². The number of nitrogens with zero attached hydrogens (tertiary/aromatic N) is 2. The maximum Gasteiger partial charge on any atom is 0.0944 e. The van der Waals surface area contributed by atoms with Crippen LogP contribution in [0.1, 0.15) is 28.9 Å². The highest BCUT2D eigenvalue weighted by molar-refractivity contribution is 7.11. The number of likely N-dealkylation sites (N-methyl/N-ethyl adjacent to an activating group) is 1. The smallest absolute Gasteiger partial charge is 0.0944 e. The van der Waals surface area contributed by atoms with E-state index in [0.29, 0.717) is 0 Å². The second-order valence-corrected chi connectivity index (χ2v) is 6.12. The van der Waals surface area contributed by atoms with Crippen LogP contribution in [-0.4, -0.2) is 50.8 Å². The zero-order valence-electron chi connectivity index (χ0n) is 12.7. The monoisotopic (exact) mass is 285 g/mol. The Morgan fingerprint density at radius 2 is 2.11 bits per heavy atom. The van der Waals surface area contributed by atoms with Crippen LogP contribution in [0.4, 0.5) is 0 Å². The summed E-state index contributed by atoms with van der Waals surface area (Å²) in [6, 6.07) is 0. The predicted octanol–water partition coefficient (Wildman–Crippen LogP) is 1.94. The maximum atomic E-state index is 5.05. The summed E-state index contributed by atoms with van der Waals surface area (Å²) in [6.45, 7) is 5.84. The summed E-state index contributed by atoms with van der Waals surface area (Å²) >= 11 is 1.86. The Hall–Kier alpha value is -0.490. The summed E-state index contributed by atoms with van der Waals surface area (Å²) in [7, 11) is 5.94. The topological polar surface area (TPSA) is 37.4 Å². The zero-order chi connectivity index (χ0) is 14.1. The Morgan fingerprint density at radius 3 is 2.74 bits per heavy atom.